The molecule has 1 saturated carbocycles. The Balaban J connectivity index is 0.768. The average Bonchev–Trinajstić information content (AvgIpc) is 3.78. The van der Waals surface area contributed by atoms with Crippen LogP contribution in [-0.4, -0.2) is 88.8 Å². The lowest BCUT2D eigenvalue weighted by atomic mass is 10.0. The number of hydrogen-bond donors (Lipinski definition) is 6. The first-order chi connectivity index (χ1) is 28.1. The molecule has 2 aliphatic rings. The minimum absolute atomic E-state index is 0.00553. The van der Waals surface area contributed by atoms with Crippen LogP contribution in [0.1, 0.15) is 42.9 Å². The summed E-state index contributed by atoms with van der Waals surface area (Å²) in [5.74, 6) is 0.603. The van der Waals surface area contributed by atoms with E-state index in [1.54, 1.807) is 24.1 Å². The molecule has 1 aromatic heterocycles. The second kappa shape index (κ2) is 18.5. The third kappa shape index (κ3) is 10.1. The topological polar surface area (TPSA) is 176 Å². The Hall–Kier alpha value is -6.02. The van der Waals surface area contributed by atoms with E-state index in [0.717, 1.165) is 42.6 Å². The van der Waals surface area contributed by atoms with Crippen molar-refractivity contribution in [1.82, 2.24) is 20.1 Å². The summed E-state index contributed by atoms with van der Waals surface area (Å²) in [6, 6.07) is 31.0. The van der Waals surface area contributed by atoms with Crippen LogP contribution in [0.5, 0.6) is 5.75 Å². The number of anilines is 2. The largest absolute Gasteiger partial charge is 0.506 e. The van der Waals surface area contributed by atoms with Crippen LogP contribution in [0, 0.1) is 11.8 Å². The second-order valence-electron chi connectivity index (χ2n) is 15.3. The minimum Gasteiger partial charge on any atom is -0.506 e. The predicted octanol–water partition coefficient (Wildman–Crippen LogP) is 5.86. The molecule has 13 nitrogen and oxygen atoms in total. The Labute approximate surface area is 337 Å². The van der Waals surface area contributed by atoms with Gasteiger partial charge in [0.05, 0.1) is 17.3 Å². The number of likely N-dealkylation sites (tertiary alicyclic amines) is 1. The maximum Gasteiger partial charge on any atom is 0.411 e. The number of carbonyl (C=O) groups excluding carboxylic acids is 3. The fourth-order valence-corrected chi connectivity index (χ4v) is 8.15. The summed E-state index contributed by atoms with van der Waals surface area (Å²) >= 11 is 0. The Kier molecular flexibility index (Phi) is 12.8. The van der Waals surface area contributed by atoms with Crippen molar-refractivity contribution in [1.29, 1.82) is 0 Å². The van der Waals surface area contributed by atoms with E-state index in [2.05, 4.69) is 25.8 Å². The van der Waals surface area contributed by atoms with Crippen LogP contribution in [-0.2, 0) is 20.9 Å². The molecule has 3 amide bonds. The maximum atomic E-state index is 12.9. The van der Waals surface area contributed by atoms with Crippen molar-refractivity contribution in [3.63, 3.8) is 0 Å². The number of pyridine rings is 1. The van der Waals surface area contributed by atoms with E-state index in [4.69, 9.17) is 4.74 Å². The number of aromatic nitrogens is 1. The number of rotatable bonds is 15. The number of para-hydroxylation sites is 1. The number of aliphatic hydroxyl groups excluding tert-OH is 1. The van der Waals surface area contributed by atoms with Gasteiger partial charge in [-0.2, -0.15) is 0 Å². The summed E-state index contributed by atoms with van der Waals surface area (Å²) in [6.45, 7) is 3.43. The molecule has 7 rings (SSSR count). The van der Waals surface area contributed by atoms with Gasteiger partial charge in [0.15, 0.2) is 0 Å². The Morgan fingerprint density at radius 3 is 2.36 bits per heavy atom. The molecule has 1 aliphatic carbocycles. The fourth-order valence-electron chi connectivity index (χ4n) is 8.15. The zero-order valence-electron chi connectivity index (χ0n) is 32.5. The van der Waals surface area contributed by atoms with Crippen molar-refractivity contribution >= 4 is 40.2 Å². The highest BCUT2D eigenvalue weighted by atomic mass is 16.6. The molecule has 5 aromatic rings. The van der Waals surface area contributed by atoms with E-state index in [1.165, 1.54) is 12.1 Å². The zero-order valence-corrected chi connectivity index (χ0v) is 32.5. The van der Waals surface area contributed by atoms with Gasteiger partial charge in [-0.1, -0.05) is 66.7 Å². The SMILES string of the molecule is CN(CCC(=O)Nc1ccc(CNC[C@H](O)c2ccc(O)c3[nH]c(=O)ccc23)cc1)C(=O)CCN1C[C@H]2CC(OC(=O)Nc3ccccc3-c3ccccc3)C[C@H]2C1. The molecule has 2 heterocycles. The van der Waals surface area contributed by atoms with Gasteiger partial charge in [0.25, 0.3) is 0 Å². The molecule has 2 fully saturated rings. The van der Waals surface area contributed by atoms with Gasteiger partial charge in [0, 0.05) is 81.9 Å². The second-order valence-corrected chi connectivity index (χ2v) is 15.3. The van der Waals surface area contributed by atoms with Crippen molar-refractivity contribution in [3.05, 3.63) is 125 Å². The van der Waals surface area contributed by atoms with E-state index in [1.807, 2.05) is 78.9 Å². The number of phenolic OH excluding ortho intramolecular Hbond substituents is 1. The van der Waals surface area contributed by atoms with E-state index >= 15 is 0 Å². The molecule has 0 spiro atoms. The van der Waals surface area contributed by atoms with Gasteiger partial charge in [0.1, 0.15) is 11.9 Å². The lowest BCUT2D eigenvalue weighted by molar-refractivity contribution is -0.130. The van der Waals surface area contributed by atoms with Crippen LogP contribution in [0.15, 0.2) is 108 Å². The number of aromatic hydroxyl groups is 1. The molecule has 4 aromatic carbocycles. The molecule has 1 unspecified atom stereocenters. The lowest BCUT2D eigenvalue weighted by Crippen LogP contribution is -2.34. The molecule has 13 heteroatoms. The summed E-state index contributed by atoms with van der Waals surface area (Å²) in [4.78, 5) is 56.7. The summed E-state index contributed by atoms with van der Waals surface area (Å²) < 4.78 is 5.86. The number of aromatic amines is 1. The van der Waals surface area contributed by atoms with Crippen LogP contribution in [0.3, 0.4) is 0 Å². The number of hydrogen-bond acceptors (Lipinski definition) is 9. The van der Waals surface area contributed by atoms with Gasteiger partial charge in [-0.05, 0) is 71.7 Å². The van der Waals surface area contributed by atoms with E-state index in [9.17, 15) is 29.4 Å². The number of phenols is 1. The molecular formula is C45H50N6O7. The van der Waals surface area contributed by atoms with Crippen molar-refractivity contribution in [2.24, 2.45) is 11.8 Å². The average molecular weight is 787 g/mol. The summed E-state index contributed by atoms with van der Waals surface area (Å²) in [7, 11) is 1.73. The number of aliphatic hydroxyl groups is 1. The first kappa shape index (κ1) is 40.2. The van der Waals surface area contributed by atoms with Gasteiger partial charge >= 0.3 is 6.09 Å². The van der Waals surface area contributed by atoms with Crippen LogP contribution in [0.4, 0.5) is 16.2 Å². The summed E-state index contributed by atoms with van der Waals surface area (Å²) in [5, 5.41) is 30.5. The summed E-state index contributed by atoms with van der Waals surface area (Å²) in [6.07, 6.45) is 0.733. The van der Waals surface area contributed by atoms with Gasteiger partial charge in [0.2, 0.25) is 17.4 Å². The van der Waals surface area contributed by atoms with Gasteiger partial charge < -0.3 is 40.4 Å². The summed E-state index contributed by atoms with van der Waals surface area (Å²) in [5.41, 5.74) is 4.81. The zero-order chi connectivity index (χ0) is 40.6. The molecule has 302 valence electrons. The number of fused-ring (bicyclic) bond motifs is 2. The lowest BCUT2D eigenvalue weighted by Gasteiger charge is -2.21. The minimum atomic E-state index is -0.871. The first-order valence-corrected chi connectivity index (χ1v) is 19.8. The first-order valence-electron chi connectivity index (χ1n) is 19.8. The van der Waals surface area contributed by atoms with E-state index in [0.29, 0.717) is 60.2 Å². The Bertz CT molecular complexity index is 2270. The van der Waals surface area contributed by atoms with Crippen LogP contribution < -0.4 is 21.5 Å². The molecule has 58 heavy (non-hydrogen) atoms. The normalized spacial score (nSPS) is 18.1. The van der Waals surface area contributed by atoms with Crippen molar-refractivity contribution in [2.45, 2.75) is 44.4 Å². The fraction of sp³-hybridized carbons (Fsp3) is 0.333. The van der Waals surface area contributed by atoms with Gasteiger partial charge in [-0.3, -0.25) is 19.7 Å². The molecule has 0 radical (unpaired) electrons. The number of carbonyl (C=O) groups is 3. The number of benzene rings is 4. The molecular weight excluding hydrogens is 737 g/mol. The predicted molar refractivity (Wildman–Crippen MR) is 223 cm³/mol. The van der Waals surface area contributed by atoms with Gasteiger partial charge in [-0.25, -0.2) is 4.79 Å². The highest BCUT2D eigenvalue weighted by Gasteiger charge is 2.42. The van der Waals surface area contributed by atoms with Crippen molar-refractivity contribution in [2.75, 3.05) is 50.4 Å². The molecule has 0 bridgehead atoms. The van der Waals surface area contributed by atoms with Gasteiger partial charge in [-0.15, -0.1) is 0 Å². The smallest absolute Gasteiger partial charge is 0.411 e. The highest BCUT2D eigenvalue weighted by molar-refractivity contribution is 5.92. The van der Waals surface area contributed by atoms with Crippen LogP contribution in [0.25, 0.3) is 22.0 Å². The monoisotopic (exact) mass is 786 g/mol. The van der Waals surface area contributed by atoms with Crippen molar-refractivity contribution in [3.8, 4) is 16.9 Å². The molecule has 6 N–H and O–H groups in total. The van der Waals surface area contributed by atoms with Crippen molar-refractivity contribution < 1.29 is 29.3 Å². The van der Waals surface area contributed by atoms with E-state index < -0.39 is 12.2 Å². The standard InChI is InChI=1S/C45H50N6O7/c1-50(21-19-42(55)47-33-13-11-29(12-14-33)25-46-26-40(53)36-15-17-39(52)44-37(36)16-18-41(54)49-44)43(56)20-22-51-27-31-23-34(24-32(31)28-51)58-45(57)48-38-10-6-5-9-35(38)30-7-3-2-4-8-30/h2-18,31-32,34,40,46,52-53H,19-28H2,1H3,(H,47,55)(H,48,57)(H,49,54)/t31-,32+,34?,40-/m0/s1. The Morgan fingerprint density at radius 1 is 0.879 bits per heavy atom. The Morgan fingerprint density at radius 2 is 1.60 bits per heavy atom. The van der Waals surface area contributed by atoms with E-state index in [-0.39, 0.29) is 47.7 Å². The quantitative estimate of drug-likeness (QED) is 0.0760. The number of nitrogens with one attached hydrogen (secondary N) is 4. The number of nitrogens with zero attached hydrogens (tertiary/aromatic N) is 2. The number of amides is 3. The number of H-pyrrole nitrogens is 1. The van der Waals surface area contributed by atoms with Crippen LogP contribution >= 0.6 is 0 Å². The molecule has 4 atom stereocenters. The third-order valence-corrected chi connectivity index (χ3v) is 11.2. The highest BCUT2D eigenvalue weighted by Crippen LogP contribution is 2.40. The third-order valence-electron chi connectivity index (χ3n) is 11.2. The van der Waals surface area contributed by atoms with Crippen LogP contribution in [0.2, 0.25) is 0 Å². The maximum absolute atomic E-state index is 12.9. The number of ether oxygens (including phenoxy) is 1. The molecule has 1 aliphatic heterocycles. The molecule has 1 saturated heterocycles.